The molecule has 40 heavy (non-hydrogen) atoms. The summed E-state index contributed by atoms with van der Waals surface area (Å²) < 4.78 is 13.5. The minimum atomic E-state index is 0.0485. The van der Waals surface area contributed by atoms with Gasteiger partial charge in [0.2, 0.25) is 0 Å². The van der Waals surface area contributed by atoms with Crippen LogP contribution in [0, 0.1) is 5.92 Å². The van der Waals surface area contributed by atoms with E-state index in [1.165, 1.54) is 32.7 Å². The van der Waals surface area contributed by atoms with Crippen LogP contribution in [0.4, 0.5) is 0 Å². The molecule has 0 radical (unpaired) electrons. The summed E-state index contributed by atoms with van der Waals surface area (Å²) in [7, 11) is 0. The van der Waals surface area contributed by atoms with Crippen LogP contribution in [0.5, 0.6) is 11.5 Å². The maximum Gasteiger partial charge on any atom is 0.356 e. The van der Waals surface area contributed by atoms with Crippen molar-refractivity contribution >= 4 is 33.1 Å². The fourth-order valence-electron chi connectivity index (χ4n) is 6.48. The first-order valence-corrected chi connectivity index (χ1v) is 13.9. The molecule has 0 fully saturated rings. The van der Waals surface area contributed by atoms with Crippen LogP contribution in [0.3, 0.4) is 0 Å². The molecule has 0 N–H and O–H groups in total. The molecule has 0 bridgehead atoms. The second-order valence-electron chi connectivity index (χ2n) is 10.6. The first-order chi connectivity index (χ1) is 19.8. The number of carbonyl (C=O) groups excluding carboxylic acids is 1. The van der Waals surface area contributed by atoms with Gasteiger partial charge in [-0.15, -0.1) is 0 Å². The molecule has 2 heterocycles. The monoisotopic (exact) mass is 515 g/mol. The summed E-state index contributed by atoms with van der Waals surface area (Å²) in [6, 6.07) is 46.9. The zero-order chi connectivity index (χ0) is 26.5. The highest BCUT2D eigenvalue weighted by atomic mass is 16.5. The van der Waals surface area contributed by atoms with Crippen molar-refractivity contribution < 1.29 is 9.16 Å². The summed E-state index contributed by atoms with van der Waals surface area (Å²) >= 11 is 0. The third kappa shape index (κ3) is 3.76. The van der Waals surface area contributed by atoms with Gasteiger partial charge in [-0.2, -0.15) is 0 Å². The Morgan fingerprint density at radius 1 is 0.575 bits per heavy atom. The molecular formula is C38H27O2+. The molecule has 0 aliphatic carbocycles. The van der Waals surface area contributed by atoms with E-state index in [0.717, 1.165) is 40.6 Å². The smallest absolute Gasteiger partial charge is 0.356 e. The molecule has 2 aliphatic rings. The molecule has 8 rings (SSSR count). The zero-order valence-corrected chi connectivity index (χ0v) is 22.0. The predicted molar refractivity (Wildman–Crippen MR) is 163 cm³/mol. The van der Waals surface area contributed by atoms with Gasteiger partial charge in [-0.25, -0.2) is 4.42 Å². The van der Waals surface area contributed by atoms with Crippen molar-refractivity contribution in [2.45, 2.75) is 12.3 Å². The average molecular weight is 516 g/mol. The summed E-state index contributed by atoms with van der Waals surface area (Å²) in [4.78, 5) is 0. The zero-order valence-electron chi connectivity index (χ0n) is 22.0. The van der Waals surface area contributed by atoms with Crippen LogP contribution in [0.25, 0.3) is 27.3 Å². The van der Waals surface area contributed by atoms with Gasteiger partial charge in [0.1, 0.15) is 11.5 Å². The maximum absolute atomic E-state index is 6.91. The van der Waals surface area contributed by atoms with Crippen LogP contribution in [0.1, 0.15) is 32.6 Å². The summed E-state index contributed by atoms with van der Waals surface area (Å²) in [6.45, 7) is 0. The van der Waals surface area contributed by atoms with Crippen LogP contribution in [0.2, 0.25) is 0 Å². The van der Waals surface area contributed by atoms with Crippen molar-refractivity contribution in [3.8, 4) is 11.5 Å². The van der Waals surface area contributed by atoms with Gasteiger partial charge >= 0.3 is 11.5 Å². The Labute approximate surface area is 233 Å². The molecular weight excluding hydrogens is 488 g/mol. The van der Waals surface area contributed by atoms with Gasteiger partial charge in [-0.3, -0.25) is 0 Å². The fraction of sp³-hybridized carbons (Fsp3) is 0.0789. The lowest BCUT2D eigenvalue weighted by atomic mass is 9.73. The van der Waals surface area contributed by atoms with Crippen LogP contribution in [-0.4, -0.2) is 5.78 Å². The van der Waals surface area contributed by atoms with Crippen molar-refractivity contribution in [2.75, 3.05) is 0 Å². The Hall–Kier alpha value is -4.95. The standard InChI is InChI=1S/C38H27O2/c1-3-13-27(14-4-1)36-24-32(37-30-18-10-8-12-26(30)20-22-35(37)39-36)33-23-31-29-17-9-7-11-25(29)19-21-34(31)40-38(33)28-15-5-2-6-16-28/h1-22,24,32-33H,23H2/q+1. The molecule has 0 saturated carbocycles. The Kier molecular flexibility index (Phi) is 5.38. The van der Waals surface area contributed by atoms with E-state index in [1.54, 1.807) is 0 Å². The number of rotatable bonds is 3. The highest BCUT2D eigenvalue weighted by Crippen LogP contribution is 2.49. The van der Waals surface area contributed by atoms with E-state index in [9.17, 15) is 0 Å². The minimum Gasteiger partial charge on any atom is -0.457 e. The second kappa shape index (κ2) is 9.36. The van der Waals surface area contributed by atoms with E-state index < -0.39 is 0 Å². The number of hydrogen-bond donors (Lipinski definition) is 0. The first kappa shape index (κ1) is 23.0. The Balaban J connectivity index is 1.39. The molecule has 6 aromatic rings. The van der Waals surface area contributed by atoms with E-state index in [0.29, 0.717) is 0 Å². The highest BCUT2D eigenvalue weighted by Gasteiger charge is 2.44. The lowest BCUT2D eigenvalue weighted by Crippen LogP contribution is -2.29. The van der Waals surface area contributed by atoms with Crippen LogP contribution in [-0.2, 0) is 6.42 Å². The second-order valence-corrected chi connectivity index (χ2v) is 10.6. The van der Waals surface area contributed by atoms with E-state index in [1.807, 2.05) is 6.07 Å². The number of allylic oxidation sites excluding steroid dienone is 1. The molecule has 190 valence electrons. The van der Waals surface area contributed by atoms with E-state index >= 15 is 0 Å². The SMILES string of the molecule is C1=C(c2ccccc2)Oc2ccc3ccccc3c2C1C1Cc2c(ccc3ccccc23)[O+]=C1c1ccccc1. The normalized spacial score (nSPS) is 17.9. The van der Waals surface area contributed by atoms with Crippen LogP contribution < -0.4 is 4.74 Å². The Morgan fingerprint density at radius 3 is 1.98 bits per heavy atom. The quantitative estimate of drug-likeness (QED) is 0.215. The maximum atomic E-state index is 6.91. The van der Waals surface area contributed by atoms with Gasteiger partial charge in [-0.05, 0) is 58.3 Å². The Morgan fingerprint density at radius 2 is 1.20 bits per heavy atom. The number of fused-ring (bicyclic) bond motifs is 6. The largest absolute Gasteiger partial charge is 0.457 e. The third-order valence-corrected chi connectivity index (χ3v) is 8.34. The molecule has 2 heteroatoms. The summed E-state index contributed by atoms with van der Waals surface area (Å²) in [5.74, 6) is 3.90. The molecule has 2 aliphatic heterocycles. The van der Waals surface area contributed by atoms with Crippen molar-refractivity contribution in [3.05, 3.63) is 162 Å². The number of hydrogen-bond acceptors (Lipinski definition) is 1. The van der Waals surface area contributed by atoms with Crippen molar-refractivity contribution in [2.24, 2.45) is 5.92 Å². The van der Waals surface area contributed by atoms with Gasteiger partial charge in [0.25, 0.3) is 0 Å². The summed E-state index contributed by atoms with van der Waals surface area (Å²) in [6.07, 6.45) is 3.20. The molecule has 0 saturated heterocycles. The molecule has 2 unspecified atom stereocenters. The summed E-state index contributed by atoms with van der Waals surface area (Å²) in [5, 5.41) is 4.94. The lowest BCUT2D eigenvalue weighted by Gasteiger charge is -2.31. The van der Waals surface area contributed by atoms with Crippen LogP contribution >= 0.6 is 0 Å². The van der Waals surface area contributed by atoms with Gasteiger partial charge < -0.3 is 4.74 Å². The lowest BCUT2D eigenvalue weighted by molar-refractivity contribution is -0.176. The molecule has 0 aromatic heterocycles. The highest BCUT2D eigenvalue weighted by molar-refractivity contribution is 6.02. The number of benzene rings is 6. The van der Waals surface area contributed by atoms with Crippen molar-refractivity contribution in [1.82, 2.24) is 0 Å². The van der Waals surface area contributed by atoms with Gasteiger partial charge in [0, 0.05) is 23.1 Å². The molecule has 0 spiro atoms. The van der Waals surface area contributed by atoms with Gasteiger partial charge in [0.05, 0.1) is 17.0 Å². The van der Waals surface area contributed by atoms with E-state index in [2.05, 4.69) is 133 Å². The minimum absolute atomic E-state index is 0.0485. The van der Waals surface area contributed by atoms with Gasteiger partial charge in [0.15, 0.2) is 0 Å². The number of ether oxygens (including phenoxy) is 1. The third-order valence-electron chi connectivity index (χ3n) is 8.34. The fourth-order valence-corrected chi connectivity index (χ4v) is 6.48. The van der Waals surface area contributed by atoms with E-state index in [4.69, 9.17) is 9.16 Å². The molecule has 2 nitrogen and oxygen atoms in total. The van der Waals surface area contributed by atoms with Crippen LogP contribution in [0.15, 0.2) is 140 Å². The van der Waals surface area contributed by atoms with Crippen molar-refractivity contribution in [3.63, 3.8) is 0 Å². The molecule has 2 atom stereocenters. The summed E-state index contributed by atoms with van der Waals surface area (Å²) in [5.41, 5.74) is 4.69. The van der Waals surface area contributed by atoms with E-state index in [-0.39, 0.29) is 11.8 Å². The predicted octanol–water partition coefficient (Wildman–Crippen LogP) is 9.51. The number of ketones is 1. The van der Waals surface area contributed by atoms with Crippen molar-refractivity contribution in [1.29, 1.82) is 0 Å². The molecule has 6 aromatic carbocycles. The average Bonchev–Trinajstić information content (AvgIpc) is 3.04. The topological polar surface area (TPSA) is 20.5 Å². The first-order valence-electron chi connectivity index (χ1n) is 13.9. The Bertz CT molecular complexity index is 1950. The van der Waals surface area contributed by atoms with Gasteiger partial charge in [-0.1, -0.05) is 103 Å². The molecule has 0 amide bonds.